The van der Waals surface area contributed by atoms with Crippen LogP contribution in [-0.4, -0.2) is 44.3 Å². The SMILES string of the molecule is COc1ccc(CNC2C3CCN(CC3)C2C(c2ccccc2)c2ccccc2)c(OC)c1. The molecule has 3 fully saturated rings. The smallest absolute Gasteiger partial charge is 0.127 e. The highest BCUT2D eigenvalue weighted by molar-refractivity contribution is 5.41. The number of fused-ring (bicyclic) bond motifs is 3. The minimum absolute atomic E-state index is 0.339. The Kier molecular flexibility index (Phi) is 6.65. The summed E-state index contributed by atoms with van der Waals surface area (Å²) in [6, 6.07) is 29.1. The van der Waals surface area contributed by atoms with Gasteiger partial charge in [0.2, 0.25) is 0 Å². The van der Waals surface area contributed by atoms with Crippen LogP contribution >= 0.6 is 0 Å². The van der Waals surface area contributed by atoms with Crippen LogP contribution in [0.2, 0.25) is 0 Å². The number of methoxy groups -OCH3 is 2. The first-order valence-corrected chi connectivity index (χ1v) is 12.1. The first-order valence-electron chi connectivity index (χ1n) is 12.1. The van der Waals surface area contributed by atoms with Gasteiger partial charge in [0.15, 0.2) is 0 Å². The number of piperidine rings is 3. The third-order valence-corrected chi connectivity index (χ3v) is 7.55. The average Bonchev–Trinajstić information content (AvgIpc) is 2.90. The van der Waals surface area contributed by atoms with E-state index in [1.807, 2.05) is 12.1 Å². The monoisotopic (exact) mass is 442 g/mol. The Balaban J connectivity index is 1.47. The van der Waals surface area contributed by atoms with E-state index in [4.69, 9.17) is 9.47 Å². The molecule has 2 atom stereocenters. The number of nitrogens with zero attached hydrogens (tertiary/aromatic N) is 1. The van der Waals surface area contributed by atoms with Gasteiger partial charge >= 0.3 is 0 Å². The molecule has 0 aliphatic carbocycles. The van der Waals surface area contributed by atoms with Crippen molar-refractivity contribution in [2.24, 2.45) is 5.92 Å². The Bertz CT molecular complexity index is 993. The molecule has 0 saturated carbocycles. The van der Waals surface area contributed by atoms with Gasteiger partial charge in [-0.2, -0.15) is 0 Å². The van der Waals surface area contributed by atoms with Crippen molar-refractivity contribution >= 4 is 0 Å². The molecule has 3 aromatic rings. The summed E-state index contributed by atoms with van der Waals surface area (Å²) in [5.41, 5.74) is 3.97. The lowest BCUT2D eigenvalue weighted by Gasteiger charge is -2.54. The van der Waals surface area contributed by atoms with Gasteiger partial charge in [0.05, 0.1) is 14.2 Å². The second-order valence-corrected chi connectivity index (χ2v) is 9.25. The molecular weight excluding hydrogens is 408 g/mol. The van der Waals surface area contributed by atoms with Crippen LogP contribution in [0.4, 0.5) is 0 Å². The molecule has 0 aromatic heterocycles. The normalized spacial score (nSPS) is 24.1. The largest absolute Gasteiger partial charge is 0.497 e. The highest BCUT2D eigenvalue weighted by atomic mass is 16.5. The molecule has 6 rings (SSSR count). The van der Waals surface area contributed by atoms with Gasteiger partial charge in [0.25, 0.3) is 0 Å². The van der Waals surface area contributed by atoms with E-state index in [9.17, 15) is 0 Å². The predicted molar refractivity (Wildman–Crippen MR) is 133 cm³/mol. The van der Waals surface area contributed by atoms with Crippen LogP contribution < -0.4 is 14.8 Å². The quantitative estimate of drug-likeness (QED) is 0.527. The Hall–Kier alpha value is -2.82. The maximum absolute atomic E-state index is 5.67. The zero-order valence-corrected chi connectivity index (χ0v) is 19.6. The molecule has 4 nitrogen and oxygen atoms in total. The first kappa shape index (κ1) is 22.0. The third-order valence-electron chi connectivity index (χ3n) is 7.55. The van der Waals surface area contributed by atoms with Gasteiger partial charge in [-0.25, -0.2) is 0 Å². The minimum atomic E-state index is 0.339. The van der Waals surface area contributed by atoms with E-state index in [2.05, 4.69) is 76.9 Å². The molecule has 3 heterocycles. The lowest BCUT2D eigenvalue weighted by Crippen LogP contribution is -2.64. The van der Waals surface area contributed by atoms with Crippen molar-refractivity contribution in [2.45, 2.75) is 37.4 Å². The van der Waals surface area contributed by atoms with E-state index in [1.165, 1.54) is 42.6 Å². The van der Waals surface area contributed by atoms with Crippen LogP contribution in [0.25, 0.3) is 0 Å². The number of nitrogens with one attached hydrogen (secondary N) is 1. The van der Waals surface area contributed by atoms with Gasteiger partial charge in [-0.1, -0.05) is 66.7 Å². The van der Waals surface area contributed by atoms with E-state index in [1.54, 1.807) is 14.2 Å². The second kappa shape index (κ2) is 9.98. The second-order valence-electron chi connectivity index (χ2n) is 9.25. The summed E-state index contributed by atoms with van der Waals surface area (Å²) in [6.45, 7) is 3.17. The summed E-state index contributed by atoms with van der Waals surface area (Å²) < 4.78 is 11.1. The number of hydrogen-bond acceptors (Lipinski definition) is 4. The van der Waals surface area contributed by atoms with Crippen molar-refractivity contribution in [1.82, 2.24) is 10.2 Å². The molecule has 3 saturated heterocycles. The van der Waals surface area contributed by atoms with Gasteiger partial charge in [0, 0.05) is 36.2 Å². The van der Waals surface area contributed by atoms with Gasteiger partial charge < -0.3 is 14.8 Å². The van der Waals surface area contributed by atoms with E-state index >= 15 is 0 Å². The van der Waals surface area contributed by atoms with Crippen molar-refractivity contribution in [2.75, 3.05) is 27.3 Å². The zero-order chi connectivity index (χ0) is 22.6. The lowest BCUT2D eigenvalue weighted by molar-refractivity contribution is 0.00462. The van der Waals surface area contributed by atoms with Crippen LogP contribution in [0.5, 0.6) is 11.5 Å². The van der Waals surface area contributed by atoms with Crippen LogP contribution in [0.15, 0.2) is 78.9 Å². The van der Waals surface area contributed by atoms with E-state index in [-0.39, 0.29) is 0 Å². The van der Waals surface area contributed by atoms with E-state index in [0.717, 1.165) is 18.0 Å². The van der Waals surface area contributed by atoms with Crippen LogP contribution in [0.3, 0.4) is 0 Å². The molecule has 0 spiro atoms. The molecule has 3 aliphatic heterocycles. The molecule has 4 heteroatoms. The van der Waals surface area contributed by atoms with E-state index in [0.29, 0.717) is 23.9 Å². The fourth-order valence-electron chi connectivity index (χ4n) is 5.92. The Labute approximate surface area is 197 Å². The highest BCUT2D eigenvalue weighted by Gasteiger charge is 2.46. The fourth-order valence-corrected chi connectivity index (χ4v) is 5.92. The highest BCUT2D eigenvalue weighted by Crippen LogP contribution is 2.42. The third kappa shape index (κ3) is 4.50. The molecule has 0 amide bonds. The minimum Gasteiger partial charge on any atom is -0.497 e. The molecule has 2 unspecified atom stereocenters. The maximum atomic E-state index is 5.67. The molecular formula is C29H34N2O2. The number of hydrogen-bond donors (Lipinski definition) is 1. The predicted octanol–water partition coefficient (Wildman–Crippen LogP) is 5.09. The summed E-state index contributed by atoms with van der Waals surface area (Å²) in [7, 11) is 3.42. The van der Waals surface area contributed by atoms with Gasteiger partial charge in [-0.05, 0) is 49.0 Å². The number of ether oxygens (including phenoxy) is 2. The molecule has 0 radical (unpaired) electrons. The average molecular weight is 443 g/mol. The summed E-state index contributed by atoms with van der Waals surface area (Å²) in [5, 5.41) is 3.99. The van der Waals surface area contributed by atoms with Crippen LogP contribution in [0, 0.1) is 5.92 Å². The topological polar surface area (TPSA) is 33.7 Å². The molecule has 172 valence electrons. The van der Waals surface area contributed by atoms with Crippen molar-refractivity contribution in [1.29, 1.82) is 0 Å². The summed E-state index contributed by atoms with van der Waals surface area (Å²) in [5.74, 6) is 2.73. The van der Waals surface area contributed by atoms with Gasteiger partial charge in [-0.15, -0.1) is 0 Å². The number of rotatable bonds is 8. The van der Waals surface area contributed by atoms with Gasteiger partial charge in [0.1, 0.15) is 11.5 Å². The first-order chi connectivity index (χ1) is 16.3. The van der Waals surface area contributed by atoms with Crippen molar-refractivity contribution in [3.63, 3.8) is 0 Å². The van der Waals surface area contributed by atoms with E-state index < -0.39 is 0 Å². The van der Waals surface area contributed by atoms with Crippen molar-refractivity contribution in [3.05, 3.63) is 95.6 Å². The summed E-state index contributed by atoms with van der Waals surface area (Å²) in [6.07, 6.45) is 2.54. The standard InChI is InChI=1S/C29H34N2O2/c1-32-25-14-13-24(26(19-25)33-2)20-30-28-23-15-17-31(18-16-23)29(28)27(21-9-5-3-6-10-21)22-11-7-4-8-12-22/h3-14,19,23,27-30H,15-18,20H2,1-2H3. The van der Waals surface area contributed by atoms with Crippen molar-refractivity contribution in [3.8, 4) is 11.5 Å². The molecule has 1 N–H and O–H groups in total. The Morgan fingerprint density at radius 2 is 1.48 bits per heavy atom. The zero-order valence-electron chi connectivity index (χ0n) is 19.6. The Morgan fingerprint density at radius 3 is 2.06 bits per heavy atom. The molecule has 33 heavy (non-hydrogen) atoms. The number of benzene rings is 3. The summed E-state index contributed by atoms with van der Waals surface area (Å²) in [4.78, 5) is 2.73. The van der Waals surface area contributed by atoms with Crippen LogP contribution in [-0.2, 0) is 6.54 Å². The Morgan fingerprint density at radius 1 is 0.848 bits per heavy atom. The lowest BCUT2D eigenvalue weighted by atomic mass is 9.70. The van der Waals surface area contributed by atoms with Gasteiger partial charge in [-0.3, -0.25) is 4.90 Å². The molecule has 3 aromatic carbocycles. The molecule has 2 bridgehead atoms. The maximum Gasteiger partial charge on any atom is 0.127 e. The fraction of sp³-hybridized carbons (Fsp3) is 0.379. The van der Waals surface area contributed by atoms with Crippen LogP contribution in [0.1, 0.15) is 35.4 Å². The van der Waals surface area contributed by atoms with Crippen molar-refractivity contribution < 1.29 is 9.47 Å². The summed E-state index contributed by atoms with van der Waals surface area (Å²) >= 11 is 0. The molecule has 3 aliphatic rings.